The lowest BCUT2D eigenvalue weighted by atomic mass is 10.0. The predicted molar refractivity (Wildman–Crippen MR) is 297 cm³/mol. The van der Waals surface area contributed by atoms with E-state index in [0.29, 0.717) is 19.4 Å². The maximum atomic E-state index is 12.9. The highest BCUT2D eigenvalue weighted by atomic mass is 16.6. The van der Waals surface area contributed by atoms with Crippen molar-refractivity contribution in [2.45, 2.75) is 297 Å². The van der Waals surface area contributed by atoms with E-state index in [4.69, 9.17) is 14.2 Å². The highest BCUT2D eigenvalue weighted by Crippen LogP contribution is 2.16. The second-order valence-electron chi connectivity index (χ2n) is 19.5. The van der Waals surface area contributed by atoms with Crippen molar-refractivity contribution in [2.75, 3.05) is 19.8 Å². The van der Waals surface area contributed by atoms with Gasteiger partial charge in [0, 0.05) is 19.4 Å². The third-order valence-electron chi connectivity index (χ3n) is 12.7. The zero-order valence-electron chi connectivity index (χ0n) is 45.4. The first-order valence-electron chi connectivity index (χ1n) is 29.5. The minimum atomic E-state index is -0.546. The molecule has 0 amide bonds. The molecule has 0 spiro atoms. The first kappa shape index (κ1) is 65.3. The molecular formula is C63H112O5. The van der Waals surface area contributed by atoms with E-state index in [1.165, 1.54) is 180 Å². The Balaban J connectivity index is 4.29. The minimum Gasteiger partial charge on any atom is -0.462 e. The lowest BCUT2D eigenvalue weighted by Crippen LogP contribution is -2.30. The molecule has 0 heterocycles. The molecule has 0 N–H and O–H groups in total. The number of carbonyl (C=O) groups excluding carboxylic acids is 2. The van der Waals surface area contributed by atoms with Crippen LogP contribution < -0.4 is 0 Å². The molecule has 0 saturated carbocycles. The molecule has 5 nitrogen and oxygen atoms in total. The third-order valence-corrected chi connectivity index (χ3v) is 12.7. The van der Waals surface area contributed by atoms with Gasteiger partial charge in [-0.25, -0.2) is 0 Å². The van der Waals surface area contributed by atoms with Gasteiger partial charge in [0.25, 0.3) is 0 Å². The van der Waals surface area contributed by atoms with Crippen molar-refractivity contribution in [1.29, 1.82) is 0 Å². The second-order valence-corrected chi connectivity index (χ2v) is 19.5. The van der Waals surface area contributed by atoms with Crippen LogP contribution in [0.3, 0.4) is 0 Å². The Kier molecular flexibility index (Phi) is 56.4. The van der Waals surface area contributed by atoms with Gasteiger partial charge in [0.05, 0.1) is 6.61 Å². The molecule has 0 bridgehead atoms. The number of ether oxygens (including phenoxy) is 3. The molecule has 0 fully saturated rings. The van der Waals surface area contributed by atoms with Gasteiger partial charge in [-0.1, -0.05) is 261 Å². The van der Waals surface area contributed by atoms with Gasteiger partial charge < -0.3 is 14.2 Å². The molecule has 0 saturated heterocycles. The van der Waals surface area contributed by atoms with E-state index >= 15 is 0 Å². The summed E-state index contributed by atoms with van der Waals surface area (Å²) < 4.78 is 17.5. The predicted octanol–water partition coefficient (Wildman–Crippen LogP) is 20.2. The Bertz CT molecular complexity index is 1210. The van der Waals surface area contributed by atoms with E-state index in [9.17, 15) is 9.59 Å². The van der Waals surface area contributed by atoms with Crippen LogP contribution in [0.1, 0.15) is 290 Å². The molecule has 1 atom stereocenters. The summed E-state index contributed by atoms with van der Waals surface area (Å²) in [5.41, 5.74) is 0. The lowest BCUT2D eigenvalue weighted by molar-refractivity contribution is -0.163. The van der Waals surface area contributed by atoms with Crippen LogP contribution in [0.2, 0.25) is 0 Å². The van der Waals surface area contributed by atoms with Gasteiger partial charge in [0.15, 0.2) is 6.10 Å². The zero-order valence-corrected chi connectivity index (χ0v) is 45.4. The highest BCUT2D eigenvalue weighted by molar-refractivity contribution is 5.70. The number of hydrogen-bond donors (Lipinski definition) is 0. The molecule has 0 radical (unpaired) electrons. The molecule has 394 valence electrons. The summed E-state index contributed by atoms with van der Waals surface area (Å²) in [6.45, 7) is 7.70. The number of hydrogen-bond acceptors (Lipinski definition) is 5. The second kappa shape index (κ2) is 58.7. The Labute approximate surface area is 423 Å². The van der Waals surface area contributed by atoms with Crippen LogP contribution in [0.25, 0.3) is 0 Å². The summed E-state index contributed by atoms with van der Waals surface area (Å²) in [5.74, 6) is -0.401. The number of carbonyl (C=O) groups is 2. The van der Waals surface area contributed by atoms with E-state index in [1.807, 2.05) is 0 Å². The lowest BCUT2D eigenvalue weighted by Gasteiger charge is -2.18. The van der Waals surface area contributed by atoms with Gasteiger partial charge in [-0.05, 0) is 89.9 Å². The van der Waals surface area contributed by atoms with E-state index < -0.39 is 6.10 Å². The monoisotopic (exact) mass is 949 g/mol. The highest BCUT2D eigenvalue weighted by Gasteiger charge is 2.17. The largest absolute Gasteiger partial charge is 0.462 e. The average Bonchev–Trinajstić information content (AvgIpc) is 3.34. The van der Waals surface area contributed by atoms with E-state index in [2.05, 4.69) is 93.7 Å². The maximum Gasteiger partial charge on any atom is 0.306 e. The molecule has 0 aliphatic rings. The van der Waals surface area contributed by atoms with Crippen molar-refractivity contribution in [2.24, 2.45) is 0 Å². The normalized spacial score (nSPS) is 12.7. The zero-order chi connectivity index (χ0) is 49.2. The van der Waals surface area contributed by atoms with Crippen LogP contribution in [-0.4, -0.2) is 37.9 Å². The molecule has 68 heavy (non-hydrogen) atoms. The summed E-state index contributed by atoms with van der Waals surface area (Å²) in [5, 5.41) is 0. The molecule has 0 aliphatic carbocycles. The maximum absolute atomic E-state index is 12.9. The van der Waals surface area contributed by atoms with Crippen molar-refractivity contribution in [3.63, 3.8) is 0 Å². The van der Waals surface area contributed by atoms with Crippen LogP contribution in [0.15, 0.2) is 72.9 Å². The van der Waals surface area contributed by atoms with Gasteiger partial charge in [-0.15, -0.1) is 0 Å². The van der Waals surface area contributed by atoms with E-state index in [0.717, 1.165) is 77.0 Å². The molecule has 1 unspecified atom stereocenters. The topological polar surface area (TPSA) is 61.8 Å². The standard InChI is InChI=1S/C63H112O5/c1-4-7-10-13-16-19-22-25-28-30-31-32-34-37-40-43-46-49-52-55-58-66-59-61(68-63(65)57-54-51-48-45-42-39-35-27-24-21-18-15-12-9-6-3)60-67-62(64)56-53-50-47-44-41-38-36-33-29-26-23-20-17-14-11-8-5-2/h7,10,16-17,19-20,25-26,28-29,31-32,61H,4-6,8-9,11-15,18,21-24,27,30,33-60H2,1-3H3/b10-7-,19-16-,20-17-,28-25-,29-26-,32-31-. The van der Waals surface area contributed by atoms with Crippen molar-refractivity contribution in [3.8, 4) is 0 Å². The fourth-order valence-electron chi connectivity index (χ4n) is 8.36. The summed E-state index contributed by atoms with van der Waals surface area (Å²) in [6.07, 6.45) is 76.3. The molecule has 5 heteroatoms. The number of esters is 2. The summed E-state index contributed by atoms with van der Waals surface area (Å²) in [4.78, 5) is 25.5. The van der Waals surface area contributed by atoms with Crippen LogP contribution in [0, 0.1) is 0 Å². The van der Waals surface area contributed by atoms with Gasteiger partial charge in [-0.3, -0.25) is 9.59 Å². The van der Waals surface area contributed by atoms with Crippen LogP contribution in [0.4, 0.5) is 0 Å². The Morgan fingerprint density at radius 3 is 1.09 bits per heavy atom. The first-order valence-corrected chi connectivity index (χ1v) is 29.5. The summed E-state index contributed by atoms with van der Waals surface area (Å²) >= 11 is 0. The molecule has 0 aliphatic heterocycles. The SMILES string of the molecule is CC/C=C\C/C=C\C/C=C\C/C=C\CCCCCCCCCOCC(COC(=O)CCCCCCCCC/C=C\C/C=C\CCCCC)OC(=O)CCCCCCCCCCCCCCCCC. The van der Waals surface area contributed by atoms with Crippen LogP contribution in [-0.2, 0) is 23.8 Å². The summed E-state index contributed by atoms with van der Waals surface area (Å²) in [6, 6.07) is 0. The van der Waals surface area contributed by atoms with Crippen molar-refractivity contribution >= 4 is 11.9 Å². The van der Waals surface area contributed by atoms with Gasteiger partial charge in [0.2, 0.25) is 0 Å². The van der Waals surface area contributed by atoms with Gasteiger partial charge in [0.1, 0.15) is 6.61 Å². The van der Waals surface area contributed by atoms with Crippen LogP contribution >= 0.6 is 0 Å². The van der Waals surface area contributed by atoms with E-state index in [1.54, 1.807) is 0 Å². The third kappa shape index (κ3) is 55.9. The Morgan fingerprint density at radius 1 is 0.338 bits per heavy atom. The number of rotatable bonds is 54. The summed E-state index contributed by atoms with van der Waals surface area (Å²) in [7, 11) is 0. The first-order chi connectivity index (χ1) is 33.6. The quantitative estimate of drug-likeness (QED) is 0.0345. The molecule has 0 aromatic heterocycles. The minimum absolute atomic E-state index is 0.0774. The Hall–Kier alpha value is -2.66. The number of unbranched alkanes of at least 4 members (excludes halogenated alkanes) is 31. The average molecular weight is 950 g/mol. The van der Waals surface area contributed by atoms with Crippen molar-refractivity contribution in [1.82, 2.24) is 0 Å². The molecule has 0 aromatic rings. The number of allylic oxidation sites excluding steroid dienone is 12. The molecular weight excluding hydrogens is 837 g/mol. The fourth-order valence-corrected chi connectivity index (χ4v) is 8.36. The Morgan fingerprint density at radius 2 is 0.662 bits per heavy atom. The fraction of sp³-hybridized carbons (Fsp3) is 0.778. The van der Waals surface area contributed by atoms with E-state index in [-0.39, 0.29) is 25.2 Å². The van der Waals surface area contributed by atoms with Crippen molar-refractivity contribution < 1.29 is 23.8 Å². The molecule has 0 rings (SSSR count). The van der Waals surface area contributed by atoms with Gasteiger partial charge in [-0.2, -0.15) is 0 Å². The van der Waals surface area contributed by atoms with Crippen molar-refractivity contribution in [3.05, 3.63) is 72.9 Å². The van der Waals surface area contributed by atoms with Crippen LogP contribution in [0.5, 0.6) is 0 Å². The van der Waals surface area contributed by atoms with Gasteiger partial charge >= 0.3 is 11.9 Å². The smallest absolute Gasteiger partial charge is 0.306 e. The molecule has 0 aromatic carbocycles.